The van der Waals surface area contributed by atoms with Crippen LogP contribution >= 0.6 is 0 Å². The van der Waals surface area contributed by atoms with Gasteiger partial charge in [0.25, 0.3) is 0 Å². The lowest BCUT2D eigenvalue weighted by molar-refractivity contribution is 0.283. The summed E-state index contributed by atoms with van der Waals surface area (Å²) < 4.78 is 13.5. The molecule has 5 rings (SSSR count). The second-order valence-corrected chi connectivity index (χ2v) is 7.95. The predicted molar refractivity (Wildman–Crippen MR) is 129 cm³/mol. The van der Waals surface area contributed by atoms with Gasteiger partial charge in [-0.1, -0.05) is 54.6 Å². The van der Waals surface area contributed by atoms with Crippen molar-refractivity contribution in [3.05, 3.63) is 108 Å². The molecule has 3 aromatic carbocycles. The highest BCUT2D eigenvalue weighted by atomic mass is 16.5. The zero-order valence-corrected chi connectivity index (χ0v) is 18.5. The topological polar surface area (TPSA) is 61.2 Å². The van der Waals surface area contributed by atoms with Crippen LogP contribution < -0.4 is 14.8 Å². The van der Waals surface area contributed by atoms with E-state index in [9.17, 15) is 0 Å². The van der Waals surface area contributed by atoms with E-state index in [1.165, 1.54) is 17.5 Å². The minimum Gasteiger partial charge on any atom is -0.493 e. The van der Waals surface area contributed by atoms with Crippen LogP contribution in [0.4, 0.5) is 0 Å². The van der Waals surface area contributed by atoms with E-state index in [1.54, 1.807) is 18.1 Å². The van der Waals surface area contributed by atoms with Crippen molar-refractivity contribution in [2.24, 2.45) is 0 Å². The van der Waals surface area contributed by atoms with Crippen LogP contribution in [0.5, 0.6) is 11.5 Å². The van der Waals surface area contributed by atoms with E-state index in [2.05, 4.69) is 63.9 Å². The number of hydrogen-bond donors (Lipinski definition) is 1. The number of hydrogen-bond acceptors (Lipinski definition) is 5. The predicted octanol–water partition coefficient (Wildman–Crippen LogP) is 4.76. The molecule has 1 aliphatic heterocycles. The summed E-state index contributed by atoms with van der Waals surface area (Å²) in [4.78, 5) is 4.00. The van der Waals surface area contributed by atoms with Crippen molar-refractivity contribution in [3.8, 4) is 17.2 Å². The maximum atomic E-state index is 6.11. The molecular formula is C27H26N4O2. The highest BCUT2D eigenvalue weighted by Crippen LogP contribution is 2.36. The minimum atomic E-state index is 0.112. The zero-order chi connectivity index (χ0) is 22.5. The molecule has 0 aliphatic carbocycles. The second-order valence-electron chi connectivity index (χ2n) is 7.95. The summed E-state index contributed by atoms with van der Waals surface area (Å²) in [5, 5.41) is 7.77. The Kier molecular flexibility index (Phi) is 6.17. The average Bonchev–Trinajstić information content (AvgIpc) is 3.41. The zero-order valence-electron chi connectivity index (χ0n) is 18.5. The van der Waals surface area contributed by atoms with Gasteiger partial charge in [0.2, 0.25) is 0 Å². The number of ether oxygens (including phenoxy) is 2. The van der Waals surface area contributed by atoms with E-state index in [0.717, 1.165) is 41.3 Å². The van der Waals surface area contributed by atoms with Gasteiger partial charge >= 0.3 is 0 Å². The Balaban J connectivity index is 1.34. The molecule has 0 bridgehead atoms. The van der Waals surface area contributed by atoms with Gasteiger partial charge in [-0.2, -0.15) is 5.10 Å². The summed E-state index contributed by atoms with van der Waals surface area (Å²) in [7, 11) is 1.69. The molecule has 4 aromatic rings. The van der Waals surface area contributed by atoms with E-state index in [4.69, 9.17) is 9.47 Å². The van der Waals surface area contributed by atoms with Crippen LogP contribution in [-0.4, -0.2) is 28.4 Å². The molecule has 1 aliphatic rings. The second kappa shape index (κ2) is 9.71. The SMILES string of the molecule is COc1cc2c(cc1OCc1ccccc1)CCNC2/C=C/c1ccc(-n2cncn2)cc1. The molecule has 1 unspecified atom stereocenters. The molecular weight excluding hydrogens is 412 g/mol. The first-order chi connectivity index (χ1) is 16.3. The first-order valence-electron chi connectivity index (χ1n) is 11.0. The molecule has 0 amide bonds. The van der Waals surface area contributed by atoms with Crippen LogP contribution in [0, 0.1) is 0 Å². The van der Waals surface area contributed by atoms with Crippen molar-refractivity contribution < 1.29 is 9.47 Å². The van der Waals surface area contributed by atoms with Gasteiger partial charge < -0.3 is 14.8 Å². The molecule has 6 heteroatoms. The molecule has 1 atom stereocenters. The summed E-state index contributed by atoms with van der Waals surface area (Å²) in [6.45, 7) is 1.43. The standard InChI is InChI=1S/C27H26N4O2/c1-32-26-16-24-22(15-27(26)33-17-21-5-3-2-4-6-21)13-14-29-25(24)12-9-20-7-10-23(11-8-20)31-19-28-18-30-31/h2-12,15-16,18-19,25,29H,13-14,17H2,1H3/b12-9+. The molecule has 0 saturated carbocycles. The fourth-order valence-electron chi connectivity index (χ4n) is 4.06. The van der Waals surface area contributed by atoms with Crippen LogP contribution in [0.3, 0.4) is 0 Å². The van der Waals surface area contributed by atoms with E-state index < -0.39 is 0 Å². The Bertz CT molecular complexity index is 1220. The highest BCUT2D eigenvalue weighted by Gasteiger charge is 2.21. The lowest BCUT2D eigenvalue weighted by Gasteiger charge is -2.26. The highest BCUT2D eigenvalue weighted by molar-refractivity contribution is 5.55. The summed E-state index contributed by atoms with van der Waals surface area (Å²) >= 11 is 0. The molecule has 0 spiro atoms. The fraction of sp³-hybridized carbons (Fsp3) is 0.185. The van der Waals surface area contributed by atoms with E-state index in [0.29, 0.717) is 6.61 Å². The van der Waals surface area contributed by atoms with Crippen LogP contribution in [0.2, 0.25) is 0 Å². The average molecular weight is 439 g/mol. The van der Waals surface area contributed by atoms with Gasteiger partial charge in [0.1, 0.15) is 19.3 Å². The maximum absolute atomic E-state index is 6.11. The first-order valence-corrected chi connectivity index (χ1v) is 11.0. The Morgan fingerprint density at radius 1 is 1.06 bits per heavy atom. The van der Waals surface area contributed by atoms with E-state index in [-0.39, 0.29) is 6.04 Å². The smallest absolute Gasteiger partial charge is 0.161 e. The third-order valence-corrected chi connectivity index (χ3v) is 5.81. The number of methoxy groups -OCH3 is 1. The number of benzene rings is 3. The lowest BCUT2D eigenvalue weighted by atomic mass is 9.93. The number of aromatic nitrogens is 3. The number of fused-ring (bicyclic) bond motifs is 1. The van der Waals surface area contributed by atoms with Crippen LogP contribution in [0.15, 0.2) is 85.5 Å². The molecule has 1 aromatic heterocycles. The van der Waals surface area contributed by atoms with Gasteiger partial charge in [-0.25, -0.2) is 9.67 Å². The molecule has 6 nitrogen and oxygen atoms in total. The van der Waals surface area contributed by atoms with Gasteiger partial charge in [-0.3, -0.25) is 0 Å². The first kappa shape index (κ1) is 21.0. The number of nitrogens with zero attached hydrogens (tertiary/aromatic N) is 3. The third-order valence-electron chi connectivity index (χ3n) is 5.81. The van der Waals surface area contributed by atoms with E-state index >= 15 is 0 Å². The molecule has 2 heterocycles. The summed E-state index contributed by atoms with van der Waals surface area (Å²) in [5.41, 5.74) is 5.75. The summed E-state index contributed by atoms with van der Waals surface area (Å²) in [6, 6.07) is 22.8. The molecule has 1 N–H and O–H groups in total. The third kappa shape index (κ3) is 4.81. The Labute approximate surface area is 193 Å². The number of rotatable bonds is 7. The van der Waals surface area contributed by atoms with Crippen molar-refractivity contribution in [2.45, 2.75) is 19.1 Å². The van der Waals surface area contributed by atoms with Gasteiger partial charge in [-0.15, -0.1) is 0 Å². The maximum Gasteiger partial charge on any atom is 0.161 e. The van der Waals surface area contributed by atoms with Gasteiger partial charge in [0, 0.05) is 6.54 Å². The Morgan fingerprint density at radius 3 is 2.67 bits per heavy atom. The molecule has 166 valence electrons. The lowest BCUT2D eigenvalue weighted by Crippen LogP contribution is -2.28. The van der Waals surface area contributed by atoms with Gasteiger partial charge in [0.05, 0.1) is 18.8 Å². The van der Waals surface area contributed by atoms with E-state index in [1.807, 2.05) is 30.3 Å². The largest absolute Gasteiger partial charge is 0.493 e. The Hall–Kier alpha value is -3.90. The molecule has 0 fully saturated rings. The molecule has 0 saturated heterocycles. The fourth-order valence-corrected chi connectivity index (χ4v) is 4.06. The normalized spacial score (nSPS) is 15.4. The van der Waals surface area contributed by atoms with Crippen molar-refractivity contribution in [2.75, 3.05) is 13.7 Å². The minimum absolute atomic E-state index is 0.112. The quantitative estimate of drug-likeness (QED) is 0.451. The monoisotopic (exact) mass is 438 g/mol. The van der Waals surface area contributed by atoms with Crippen molar-refractivity contribution >= 4 is 6.08 Å². The Morgan fingerprint density at radius 2 is 1.91 bits per heavy atom. The van der Waals surface area contributed by atoms with Gasteiger partial charge in [0.15, 0.2) is 11.5 Å². The van der Waals surface area contributed by atoms with Crippen molar-refractivity contribution in [1.29, 1.82) is 0 Å². The summed E-state index contributed by atoms with van der Waals surface area (Å²) in [6.07, 6.45) is 8.53. The summed E-state index contributed by atoms with van der Waals surface area (Å²) in [5.74, 6) is 1.54. The molecule has 0 radical (unpaired) electrons. The van der Waals surface area contributed by atoms with Gasteiger partial charge in [-0.05, 0) is 52.9 Å². The number of nitrogens with one attached hydrogen (secondary N) is 1. The molecule has 33 heavy (non-hydrogen) atoms. The van der Waals surface area contributed by atoms with Crippen LogP contribution in [-0.2, 0) is 13.0 Å². The van der Waals surface area contributed by atoms with Crippen molar-refractivity contribution in [1.82, 2.24) is 20.1 Å². The van der Waals surface area contributed by atoms with Crippen LogP contribution in [0.25, 0.3) is 11.8 Å². The van der Waals surface area contributed by atoms with Crippen molar-refractivity contribution in [3.63, 3.8) is 0 Å². The van der Waals surface area contributed by atoms with Crippen LogP contribution in [0.1, 0.15) is 28.3 Å².